The molecule has 0 bridgehead atoms. The van der Waals surface area contributed by atoms with Gasteiger partial charge in [0.05, 0.1) is 18.5 Å². The third-order valence-corrected chi connectivity index (χ3v) is 4.24. The highest BCUT2D eigenvalue weighted by Crippen LogP contribution is 2.26. The molecule has 0 aliphatic heterocycles. The summed E-state index contributed by atoms with van der Waals surface area (Å²) in [6, 6.07) is 5.47. The molecule has 8 heteroatoms. The maximum Gasteiger partial charge on any atom is 0.141 e. The molecule has 2 heterocycles. The predicted molar refractivity (Wildman–Crippen MR) is 90.3 cm³/mol. The Hall–Kier alpha value is -2.18. The molecule has 118 valence electrons. The SMILES string of the molecule is Cc1nn(Cc2c(Cl)cccc2Cl)c(C)c1C=Nn1cnnc1. The van der Waals surface area contributed by atoms with Gasteiger partial charge < -0.3 is 0 Å². The number of benzene rings is 1. The molecule has 0 radical (unpaired) electrons. The topological polar surface area (TPSA) is 60.9 Å². The molecule has 0 amide bonds. The first-order valence-electron chi connectivity index (χ1n) is 6.92. The second-order valence-corrected chi connectivity index (χ2v) is 5.84. The van der Waals surface area contributed by atoms with Crippen molar-refractivity contribution >= 4 is 29.4 Å². The lowest BCUT2D eigenvalue weighted by Gasteiger charge is -2.08. The van der Waals surface area contributed by atoms with Gasteiger partial charge >= 0.3 is 0 Å². The molecule has 6 nitrogen and oxygen atoms in total. The second-order valence-electron chi connectivity index (χ2n) is 5.03. The lowest BCUT2D eigenvalue weighted by atomic mass is 10.2. The molecule has 0 spiro atoms. The third kappa shape index (κ3) is 3.28. The molecule has 0 saturated carbocycles. The molecule has 2 aromatic heterocycles. The Balaban J connectivity index is 1.92. The molecule has 0 unspecified atom stereocenters. The Morgan fingerprint density at radius 3 is 2.43 bits per heavy atom. The Labute approximate surface area is 143 Å². The van der Waals surface area contributed by atoms with Gasteiger partial charge in [-0.15, -0.1) is 10.2 Å². The van der Waals surface area contributed by atoms with Crippen LogP contribution in [0.3, 0.4) is 0 Å². The van der Waals surface area contributed by atoms with Crippen LogP contribution in [0, 0.1) is 13.8 Å². The van der Waals surface area contributed by atoms with Crippen LogP contribution in [0.25, 0.3) is 0 Å². The molecule has 1 aromatic carbocycles. The molecule has 0 aliphatic rings. The molecule has 0 N–H and O–H groups in total. The number of rotatable bonds is 4. The predicted octanol–water partition coefficient (Wildman–Crippen LogP) is 3.33. The van der Waals surface area contributed by atoms with Crippen LogP contribution >= 0.6 is 23.2 Å². The van der Waals surface area contributed by atoms with Crippen LogP contribution in [0.5, 0.6) is 0 Å². The molecule has 0 atom stereocenters. The molecule has 0 saturated heterocycles. The summed E-state index contributed by atoms with van der Waals surface area (Å²) in [6.07, 6.45) is 4.79. The van der Waals surface area contributed by atoms with Crippen molar-refractivity contribution in [1.29, 1.82) is 0 Å². The van der Waals surface area contributed by atoms with E-state index in [1.165, 1.54) is 17.3 Å². The summed E-state index contributed by atoms with van der Waals surface area (Å²) in [5.74, 6) is 0. The van der Waals surface area contributed by atoms with Crippen molar-refractivity contribution in [3.05, 3.63) is 63.4 Å². The lowest BCUT2D eigenvalue weighted by Crippen LogP contribution is -2.05. The Bertz CT molecular complexity index is 831. The van der Waals surface area contributed by atoms with Crippen molar-refractivity contribution in [3.63, 3.8) is 0 Å². The minimum Gasteiger partial charge on any atom is -0.264 e. The van der Waals surface area contributed by atoms with Gasteiger partial charge in [-0.25, -0.2) is 4.68 Å². The van der Waals surface area contributed by atoms with Crippen LogP contribution in [0.1, 0.15) is 22.5 Å². The maximum atomic E-state index is 6.24. The number of hydrogen-bond acceptors (Lipinski definition) is 4. The van der Waals surface area contributed by atoms with E-state index in [0.717, 1.165) is 22.5 Å². The van der Waals surface area contributed by atoms with E-state index >= 15 is 0 Å². The van der Waals surface area contributed by atoms with Crippen molar-refractivity contribution in [2.75, 3.05) is 0 Å². The Morgan fingerprint density at radius 2 is 1.78 bits per heavy atom. The maximum absolute atomic E-state index is 6.24. The summed E-state index contributed by atoms with van der Waals surface area (Å²) in [6.45, 7) is 4.43. The summed E-state index contributed by atoms with van der Waals surface area (Å²) >= 11 is 12.5. The standard InChI is InChI=1S/C15H14Cl2N6/c1-10-12(6-20-22-8-18-19-9-22)11(2)23(21-10)7-13-14(16)4-3-5-15(13)17/h3-6,8-9H,7H2,1-2H3. The number of aromatic nitrogens is 5. The van der Waals surface area contributed by atoms with E-state index in [1.807, 2.05) is 36.7 Å². The summed E-state index contributed by atoms with van der Waals surface area (Å²) in [5, 5.41) is 17.5. The molecular weight excluding hydrogens is 335 g/mol. The highest BCUT2D eigenvalue weighted by atomic mass is 35.5. The normalized spacial score (nSPS) is 11.5. The first kappa shape index (κ1) is 15.7. The number of nitrogens with zero attached hydrogens (tertiary/aromatic N) is 6. The smallest absolute Gasteiger partial charge is 0.141 e. The van der Waals surface area contributed by atoms with Gasteiger partial charge in [0.25, 0.3) is 0 Å². The van der Waals surface area contributed by atoms with Gasteiger partial charge in [-0.05, 0) is 26.0 Å². The number of halogens is 2. The van der Waals surface area contributed by atoms with E-state index in [9.17, 15) is 0 Å². The van der Waals surface area contributed by atoms with E-state index in [-0.39, 0.29) is 0 Å². The fraction of sp³-hybridized carbons (Fsp3) is 0.200. The third-order valence-electron chi connectivity index (χ3n) is 3.53. The fourth-order valence-electron chi connectivity index (χ4n) is 2.26. The monoisotopic (exact) mass is 348 g/mol. The number of aryl methyl sites for hydroxylation is 1. The first-order valence-corrected chi connectivity index (χ1v) is 7.67. The quantitative estimate of drug-likeness (QED) is 0.679. The van der Waals surface area contributed by atoms with Crippen LogP contribution in [0.2, 0.25) is 10.0 Å². The van der Waals surface area contributed by atoms with Crippen molar-refractivity contribution in [2.45, 2.75) is 20.4 Å². The highest BCUT2D eigenvalue weighted by molar-refractivity contribution is 6.35. The summed E-state index contributed by atoms with van der Waals surface area (Å²) in [4.78, 5) is 0. The fourth-order valence-corrected chi connectivity index (χ4v) is 2.78. The van der Waals surface area contributed by atoms with Gasteiger partial charge in [-0.3, -0.25) is 4.68 Å². The van der Waals surface area contributed by atoms with Crippen LogP contribution in [-0.2, 0) is 6.54 Å². The van der Waals surface area contributed by atoms with E-state index in [0.29, 0.717) is 16.6 Å². The van der Waals surface area contributed by atoms with E-state index in [2.05, 4.69) is 20.4 Å². The average Bonchev–Trinajstić information content (AvgIpc) is 3.11. The molecular formula is C15H14Cl2N6. The zero-order valence-corrected chi connectivity index (χ0v) is 14.1. The Kier molecular flexibility index (Phi) is 4.45. The van der Waals surface area contributed by atoms with Crippen LogP contribution in [0.4, 0.5) is 0 Å². The van der Waals surface area contributed by atoms with Crippen molar-refractivity contribution in [3.8, 4) is 0 Å². The molecule has 3 aromatic rings. The molecule has 0 aliphatic carbocycles. The lowest BCUT2D eigenvalue weighted by molar-refractivity contribution is 0.659. The molecule has 3 rings (SSSR count). The van der Waals surface area contributed by atoms with E-state index in [4.69, 9.17) is 23.2 Å². The van der Waals surface area contributed by atoms with Gasteiger partial charge in [0.2, 0.25) is 0 Å². The van der Waals surface area contributed by atoms with E-state index < -0.39 is 0 Å². The minimum absolute atomic E-state index is 0.506. The van der Waals surface area contributed by atoms with Crippen LogP contribution in [0.15, 0.2) is 36.0 Å². The van der Waals surface area contributed by atoms with Crippen molar-refractivity contribution in [2.24, 2.45) is 5.10 Å². The Morgan fingerprint density at radius 1 is 1.13 bits per heavy atom. The van der Waals surface area contributed by atoms with Crippen molar-refractivity contribution in [1.82, 2.24) is 24.7 Å². The van der Waals surface area contributed by atoms with Gasteiger partial charge in [0.15, 0.2) is 0 Å². The summed E-state index contributed by atoms with van der Waals surface area (Å²) in [5.41, 5.74) is 3.66. The first-order chi connectivity index (χ1) is 11.1. The van der Waals surface area contributed by atoms with Gasteiger partial charge in [-0.1, -0.05) is 29.3 Å². The summed E-state index contributed by atoms with van der Waals surface area (Å²) < 4.78 is 3.40. The zero-order valence-electron chi connectivity index (χ0n) is 12.6. The van der Waals surface area contributed by atoms with Crippen LogP contribution < -0.4 is 0 Å². The molecule has 23 heavy (non-hydrogen) atoms. The zero-order chi connectivity index (χ0) is 16.4. The van der Waals surface area contributed by atoms with Crippen LogP contribution in [-0.4, -0.2) is 30.9 Å². The molecule has 0 fully saturated rings. The van der Waals surface area contributed by atoms with Gasteiger partial charge in [-0.2, -0.15) is 10.2 Å². The highest BCUT2D eigenvalue weighted by Gasteiger charge is 2.13. The largest absolute Gasteiger partial charge is 0.264 e. The minimum atomic E-state index is 0.506. The summed E-state index contributed by atoms with van der Waals surface area (Å²) in [7, 11) is 0. The average molecular weight is 349 g/mol. The number of hydrogen-bond donors (Lipinski definition) is 0. The van der Waals surface area contributed by atoms with Gasteiger partial charge in [0.1, 0.15) is 12.7 Å². The second kappa shape index (κ2) is 6.52. The van der Waals surface area contributed by atoms with E-state index in [1.54, 1.807) is 6.21 Å². The van der Waals surface area contributed by atoms with Gasteiger partial charge in [0, 0.05) is 26.9 Å². The van der Waals surface area contributed by atoms with Crippen molar-refractivity contribution < 1.29 is 0 Å².